The molecule has 1 aromatic heterocycles. The molecule has 0 radical (unpaired) electrons. The molecule has 4 nitrogen and oxygen atoms in total. The fourth-order valence-electron chi connectivity index (χ4n) is 2.72. The number of hydrogen-bond donors (Lipinski definition) is 1. The van der Waals surface area contributed by atoms with Gasteiger partial charge in [-0.05, 0) is 42.5 Å². The molecular formula is C17H16F2N2O2. The van der Waals surface area contributed by atoms with Gasteiger partial charge in [0.15, 0.2) is 0 Å². The molecule has 1 fully saturated rings. The zero-order valence-corrected chi connectivity index (χ0v) is 12.8. The molecule has 1 aliphatic carbocycles. The summed E-state index contributed by atoms with van der Waals surface area (Å²) in [5.74, 6) is -2.28. The summed E-state index contributed by atoms with van der Waals surface area (Å²) in [6.07, 6.45) is 2.11. The number of pyridine rings is 1. The third-order valence-corrected chi connectivity index (χ3v) is 4.21. The minimum atomic E-state index is -0.642. The first-order valence-electron chi connectivity index (χ1n) is 7.30. The van der Waals surface area contributed by atoms with E-state index >= 15 is 0 Å². The van der Waals surface area contributed by atoms with Crippen LogP contribution in [-0.2, 0) is 11.8 Å². The number of carbonyl (C=O) groups excluding carboxylic acids is 1. The molecule has 1 aromatic carbocycles. The van der Waals surface area contributed by atoms with Gasteiger partial charge in [0.1, 0.15) is 17.3 Å². The van der Waals surface area contributed by atoms with Gasteiger partial charge in [0.2, 0.25) is 5.91 Å². The maximum Gasteiger partial charge on any atom is 0.274 e. The Morgan fingerprint density at radius 1 is 1.30 bits per heavy atom. The van der Waals surface area contributed by atoms with Gasteiger partial charge < -0.3 is 9.88 Å². The standard InChI is InChI=1S/C17H16F2N2O2/c1-9-5-6-21(2)17(23)15(9)20-16(22)13-8-12(13)11-4-3-10(18)7-14(11)19/h3-7,12-13H,8H2,1-2H3,(H,20,22)/t12-,13+/m0/s1. The van der Waals surface area contributed by atoms with Crippen molar-refractivity contribution in [3.05, 3.63) is 63.6 Å². The summed E-state index contributed by atoms with van der Waals surface area (Å²) in [7, 11) is 1.60. The fraction of sp³-hybridized carbons (Fsp3) is 0.294. The van der Waals surface area contributed by atoms with Crippen LogP contribution in [0.25, 0.3) is 0 Å². The Kier molecular flexibility index (Phi) is 3.75. The highest BCUT2D eigenvalue weighted by atomic mass is 19.1. The van der Waals surface area contributed by atoms with Crippen molar-refractivity contribution in [3.63, 3.8) is 0 Å². The smallest absolute Gasteiger partial charge is 0.274 e. The Balaban J connectivity index is 1.77. The van der Waals surface area contributed by atoms with Crippen molar-refractivity contribution in [2.75, 3.05) is 5.32 Å². The molecule has 6 heteroatoms. The average molecular weight is 318 g/mol. The Morgan fingerprint density at radius 2 is 2.04 bits per heavy atom. The molecule has 3 rings (SSSR count). The van der Waals surface area contributed by atoms with E-state index in [-0.39, 0.29) is 23.1 Å². The van der Waals surface area contributed by atoms with Gasteiger partial charge in [-0.2, -0.15) is 0 Å². The molecule has 0 unspecified atom stereocenters. The van der Waals surface area contributed by atoms with E-state index in [9.17, 15) is 18.4 Å². The highest BCUT2D eigenvalue weighted by Crippen LogP contribution is 2.48. The third kappa shape index (κ3) is 2.88. The topological polar surface area (TPSA) is 51.1 Å². The number of aryl methyl sites for hydroxylation is 2. The quantitative estimate of drug-likeness (QED) is 0.946. The second-order valence-corrected chi connectivity index (χ2v) is 5.89. The predicted molar refractivity (Wildman–Crippen MR) is 82.3 cm³/mol. The number of aromatic nitrogens is 1. The predicted octanol–water partition coefficient (Wildman–Crippen LogP) is 2.71. The first-order chi connectivity index (χ1) is 10.9. The number of nitrogens with zero attached hydrogens (tertiary/aromatic N) is 1. The van der Waals surface area contributed by atoms with Crippen LogP contribution >= 0.6 is 0 Å². The van der Waals surface area contributed by atoms with E-state index in [2.05, 4.69) is 5.32 Å². The van der Waals surface area contributed by atoms with Crippen LogP contribution in [0.2, 0.25) is 0 Å². The van der Waals surface area contributed by atoms with E-state index in [0.717, 1.165) is 6.07 Å². The molecule has 2 aromatic rings. The Bertz CT molecular complexity index is 845. The van der Waals surface area contributed by atoms with Crippen LogP contribution in [0.5, 0.6) is 0 Å². The molecule has 1 heterocycles. The van der Waals surface area contributed by atoms with Crippen LogP contribution in [-0.4, -0.2) is 10.5 Å². The zero-order valence-electron chi connectivity index (χ0n) is 12.8. The van der Waals surface area contributed by atoms with E-state index in [1.54, 1.807) is 26.2 Å². The number of halogens is 2. The van der Waals surface area contributed by atoms with Crippen molar-refractivity contribution < 1.29 is 13.6 Å². The highest BCUT2D eigenvalue weighted by Gasteiger charge is 2.45. The Morgan fingerprint density at radius 3 is 2.74 bits per heavy atom. The fourth-order valence-corrected chi connectivity index (χ4v) is 2.72. The van der Waals surface area contributed by atoms with Crippen LogP contribution in [0.4, 0.5) is 14.5 Å². The highest BCUT2D eigenvalue weighted by molar-refractivity contribution is 5.95. The van der Waals surface area contributed by atoms with Crippen LogP contribution in [0.3, 0.4) is 0 Å². The first-order valence-corrected chi connectivity index (χ1v) is 7.30. The molecule has 120 valence electrons. The van der Waals surface area contributed by atoms with Gasteiger partial charge in [-0.15, -0.1) is 0 Å². The molecular weight excluding hydrogens is 302 g/mol. The zero-order chi connectivity index (χ0) is 16.7. The molecule has 1 saturated carbocycles. The number of nitrogens with one attached hydrogen (secondary N) is 1. The van der Waals surface area contributed by atoms with Crippen molar-refractivity contribution in [1.82, 2.24) is 4.57 Å². The molecule has 0 saturated heterocycles. The number of rotatable bonds is 3. The monoisotopic (exact) mass is 318 g/mol. The molecule has 2 atom stereocenters. The second-order valence-electron chi connectivity index (χ2n) is 5.89. The molecule has 1 aliphatic rings. The SMILES string of the molecule is Cc1ccn(C)c(=O)c1NC(=O)[C@@H]1C[C@H]1c1ccc(F)cc1F. The lowest BCUT2D eigenvalue weighted by Crippen LogP contribution is -2.26. The Hall–Kier alpha value is -2.50. The van der Waals surface area contributed by atoms with Crippen LogP contribution < -0.4 is 10.9 Å². The van der Waals surface area contributed by atoms with E-state index in [1.165, 1.54) is 16.7 Å². The minimum Gasteiger partial charge on any atom is -0.321 e. The molecule has 0 bridgehead atoms. The maximum absolute atomic E-state index is 13.8. The van der Waals surface area contributed by atoms with E-state index in [0.29, 0.717) is 17.5 Å². The lowest BCUT2D eigenvalue weighted by atomic mass is 10.1. The van der Waals surface area contributed by atoms with Crippen molar-refractivity contribution >= 4 is 11.6 Å². The largest absolute Gasteiger partial charge is 0.321 e. The van der Waals surface area contributed by atoms with Gasteiger partial charge in [-0.25, -0.2) is 8.78 Å². The molecule has 0 spiro atoms. The van der Waals surface area contributed by atoms with Gasteiger partial charge in [0.05, 0.1) is 0 Å². The minimum absolute atomic E-state index is 0.241. The van der Waals surface area contributed by atoms with Crippen LogP contribution in [0.15, 0.2) is 35.3 Å². The van der Waals surface area contributed by atoms with Gasteiger partial charge >= 0.3 is 0 Å². The van der Waals surface area contributed by atoms with Crippen LogP contribution in [0, 0.1) is 24.5 Å². The summed E-state index contributed by atoms with van der Waals surface area (Å²) in [6, 6.07) is 5.11. The molecule has 1 N–H and O–H groups in total. The number of anilines is 1. The normalized spacial score (nSPS) is 19.5. The lowest BCUT2D eigenvalue weighted by molar-refractivity contribution is -0.117. The number of amides is 1. The molecule has 23 heavy (non-hydrogen) atoms. The summed E-state index contributed by atoms with van der Waals surface area (Å²) in [6.45, 7) is 1.74. The maximum atomic E-state index is 13.8. The van der Waals surface area contributed by atoms with Gasteiger partial charge in [-0.3, -0.25) is 9.59 Å². The second kappa shape index (κ2) is 5.61. The van der Waals surface area contributed by atoms with Gasteiger partial charge in [0, 0.05) is 25.2 Å². The van der Waals surface area contributed by atoms with Crippen molar-refractivity contribution in [1.29, 1.82) is 0 Å². The van der Waals surface area contributed by atoms with E-state index in [4.69, 9.17) is 0 Å². The summed E-state index contributed by atoms with van der Waals surface area (Å²) >= 11 is 0. The van der Waals surface area contributed by atoms with Crippen LogP contribution in [0.1, 0.15) is 23.5 Å². The third-order valence-electron chi connectivity index (χ3n) is 4.21. The summed E-state index contributed by atoms with van der Waals surface area (Å²) in [4.78, 5) is 24.4. The Labute approximate surface area is 131 Å². The lowest BCUT2D eigenvalue weighted by Gasteiger charge is -2.09. The number of carbonyl (C=O) groups is 1. The van der Waals surface area contributed by atoms with Crippen molar-refractivity contribution in [3.8, 4) is 0 Å². The first kappa shape index (κ1) is 15.4. The molecule has 0 aliphatic heterocycles. The van der Waals surface area contributed by atoms with E-state index < -0.39 is 17.6 Å². The summed E-state index contributed by atoms with van der Waals surface area (Å²) in [5, 5.41) is 2.64. The van der Waals surface area contributed by atoms with Crippen molar-refractivity contribution in [2.24, 2.45) is 13.0 Å². The summed E-state index contributed by atoms with van der Waals surface area (Å²) < 4.78 is 28.1. The summed E-state index contributed by atoms with van der Waals surface area (Å²) in [5.41, 5.74) is 0.963. The molecule has 1 amide bonds. The number of hydrogen-bond acceptors (Lipinski definition) is 2. The van der Waals surface area contributed by atoms with Gasteiger partial charge in [0.25, 0.3) is 5.56 Å². The number of benzene rings is 1. The van der Waals surface area contributed by atoms with Gasteiger partial charge in [-0.1, -0.05) is 6.07 Å². The van der Waals surface area contributed by atoms with E-state index in [1.807, 2.05) is 0 Å². The van der Waals surface area contributed by atoms with Crippen molar-refractivity contribution in [2.45, 2.75) is 19.3 Å². The average Bonchev–Trinajstić information content (AvgIpc) is 3.28.